The molecule has 0 amide bonds. The fourth-order valence-electron chi connectivity index (χ4n) is 3.15. The highest BCUT2D eigenvalue weighted by Crippen LogP contribution is 2.35. The van der Waals surface area contributed by atoms with Crippen molar-refractivity contribution in [3.8, 4) is 17.0 Å². The average molecular weight is 382 g/mol. The van der Waals surface area contributed by atoms with Crippen LogP contribution >= 0.6 is 0 Å². The van der Waals surface area contributed by atoms with E-state index in [1.165, 1.54) is 44.4 Å². The van der Waals surface area contributed by atoms with E-state index in [2.05, 4.69) is 5.10 Å². The Morgan fingerprint density at radius 3 is 2.19 bits per heavy atom. The third-order valence-electron chi connectivity index (χ3n) is 4.52. The van der Waals surface area contributed by atoms with E-state index >= 15 is 0 Å². The van der Waals surface area contributed by atoms with Crippen LogP contribution in [0.15, 0.2) is 53.4 Å². The summed E-state index contributed by atoms with van der Waals surface area (Å²) in [5.41, 5.74) is 1.000. The van der Waals surface area contributed by atoms with Gasteiger partial charge in [0.1, 0.15) is 11.4 Å². The van der Waals surface area contributed by atoms with Crippen molar-refractivity contribution in [2.75, 3.05) is 7.11 Å². The lowest BCUT2D eigenvalue weighted by atomic mass is 9.87. The number of benzene rings is 2. The SMILES string of the molecule is COc1ccc(S(=O)(=O)n2nc3c(c2C)C(=O)C(=O)c2ccccc2-3)cc1. The summed E-state index contributed by atoms with van der Waals surface area (Å²) in [7, 11) is -2.56. The van der Waals surface area contributed by atoms with E-state index in [-0.39, 0.29) is 27.4 Å². The molecule has 1 aromatic heterocycles. The predicted molar refractivity (Wildman–Crippen MR) is 96.6 cm³/mol. The molecule has 0 unspecified atom stereocenters. The van der Waals surface area contributed by atoms with E-state index in [1.807, 2.05) is 0 Å². The molecule has 0 atom stereocenters. The highest BCUT2D eigenvalue weighted by Gasteiger charge is 2.37. The van der Waals surface area contributed by atoms with Gasteiger partial charge in [-0.2, -0.15) is 17.6 Å². The molecule has 2 aromatic carbocycles. The Bertz CT molecular complexity index is 1210. The Hall–Kier alpha value is -3.26. The van der Waals surface area contributed by atoms with Crippen molar-refractivity contribution in [1.82, 2.24) is 9.19 Å². The molecule has 0 spiro atoms. The van der Waals surface area contributed by atoms with Crippen molar-refractivity contribution in [3.63, 3.8) is 0 Å². The molecule has 136 valence electrons. The second-order valence-corrected chi connectivity index (χ2v) is 7.80. The second-order valence-electron chi connectivity index (χ2n) is 6.04. The molecular weight excluding hydrogens is 368 g/mol. The molecule has 0 fully saturated rings. The zero-order chi connectivity index (χ0) is 19.3. The summed E-state index contributed by atoms with van der Waals surface area (Å²) in [6, 6.07) is 12.4. The minimum Gasteiger partial charge on any atom is -0.497 e. The van der Waals surface area contributed by atoms with Crippen molar-refractivity contribution in [1.29, 1.82) is 0 Å². The highest BCUT2D eigenvalue weighted by atomic mass is 32.2. The first-order valence-corrected chi connectivity index (χ1v) is 9.48. The summed E-state index contributed by atoms with van der Waals surface area (Å²) in [5, 5.41) is 4.19. The van der Waals surface area contributed by atoms with Gasteiger partial charge in [-0.3, -0.25) is 9.59 Å². The molecule has 0 N–H and O–H groups in total. The lowest BCUT2D eigenvalue weighted by Crippen LogP contribution is -2.21. The topological polar surface area (TPSA) is 95.3 Å². The largest absolute Gasteiger partial charge is 0.497 e. The molecule has 0 bridgehead atoms. The van der Waals surface area contributed by atoms with Crippen LogP contribution in [0.4, 0.5) is 0 Å². The average Bonchev–Trinajstić information content (AvgIpc) is 3.04. The maximum absolute atomic E-state index is 13.0. The molecule has 1 aliphatic rings. The number of aromatic nitrogens is 2. The van der Waals surface area contributed by atoms with Crippen LogP contribution < -0.4 is 4.74 Å². The van der Waals surface area contributed by atoms with Gasteiger partial charge in [-0.25, -0.2) is 0 Å². The fraction of sp³-hybridized carbons (Fsp3) is 0.105. The Morgan fingerprint density at radius 2 is 1.56 bits per heavy atom. The van der Waals surface area contributed by atoms with Crippen LogP contribution in [-0.2, 0) is 10.0 Å². The van der Waals surface area contributed by atoms with E-state index < -0.39 is 21.6 Å². The Balaban J connectivity index is 1.94. The smallest absolute Gasteiger partial charge is 0.283 e. The van der Waals surface area contributed by atoms with Crippen LogP contribution in [-0.4, -0.2) is 36.3 Å². The third-order valence-corrected chi connectivity index (χ3v) is 6.20. The first kappa shape index (κ1) is 17.2. The van der Waals surface area contributed by atoms with Gasteiger partial charge < -0.3 is 4.74 Å². The summed E-state index contributed by atoms with van der Waals surface area (Å²) in [6.07, 6.45) is 0. The quantitative estimate of drug-likeness (QED) is 0.646. The minimum atomic E-state index is -4.05. The number of hydrogen-bond acceptors (Lipinski definition) is 6. The van der Waals surface area contributed by atoms with Crippen LogP contribution in [0.2, 0.25) is 0 Å². The van der Waals surface area contributed by atoms with E-state index in [1.54, 1.807) is 18.2 Å². The minimum absolute atomic E-state index is 0.00157. The van der Waals surface area contributed by atoms with Crippen LogP contribution in [0.25, 0.3) is 11.3 Å². The van der Waals surface area contributed by atoms with Crippen LogP contribution in [0.3, 0.4) is 0 Å². The maximum atomic E-state index is 13.0. The molecule has 0 radical (unpaired) electrons. The molecule has 0 aliphatic heterocycles. The van der Waals surface area contributed by atoms with Gasteiger partial charge >= 0.3 is 0 Å². The molecule has 0 saturated carbocycles. The molecule has 8 heteroatoms. The van der Waals surface area contributed by atoms with Crippen molar-refractivity contribution in [3.05, 3.63) is 65.4 Å². The van der Waals surface area contributed by atoms with Gasteiger partial charge in [0.25, 0.3) is 10.0 Å². The van der Waals surface area contributed by atoms with Gasteiger partial charge in [-0.1, -0.05) is 24.3 Å². The molecule has 3 aromatic rings. The lowest BCUT2D eigenvalue weighted by Gasteiger charge is -2.12. The lowest BCUT2D eigenvalue weighted by molar-refractivity contribution is 0.0815. The molecular formula is C19H14N2O5S. The van der Waals surface area contributed by atoms with Crippen LogP contribution in [0.5, 0.6) is 5.75 Å². The summed E-state index contributed by atoms with van der Waals surface area (Å²) in [6.45, 7) is 1.46. The first-order valence-electron chi connectivity index (χ1n) is 8.04. The number of fused-ring (bicyclic) bond motifs is 3. The van der Waals surface area contributed by atoms with Crippen molar-refractivity contribution >= 4 is 21.6 Å². The van der Waals surface area contributed by atoms with Gasteiger partial charge in [-0.05, 0) is 31.2 Å². The molecule has 1 heterocycles. The van der Waals surface area contributed by atoms with Gasteiger partial charge in [0.15, 0.2) is 0 Å². The molecule has 1 aliphatic carbocycles. The van der Waals surface area contributed by atoms with Gasteiger partial charge in [-0.15, -0.1) is 0 Å². The Kier molecular flexibility index (Phi) is 3.74. The predicted octanol–water partition coefficient (Wildman–Crippen LogP) is 2.48. The highest BCUT2D eigenvalue weighted by molar-refractivity contribution is 7.89. The monoisotopic (exact) mass is 382 g/mol. The number of hydrogen-bond donors (Lipinski definition) is 0. The standard InChI is InChI=1S/C19H14N2O5S/c1-11-16-17(14-5-3-4-6-15(14)18(22)19(16)23)20-21(11)27(24,25)13-9-7-12(26-2)8-10-13/h3-10H,1-2H3. The van der Waals surface area contributed by atoms with Crippen molar-refractivity contribution in [2.24, 2.45) is 0 Å². The second kappa shape index (κ2) is 5.88. The van der Waals surface area contributed by atoms with E-state index in [4.69, 9.17) is 4.74 Å². The van der Waals surface area contributed by atoms with E-state index in [9.17, 15) is 18.0 Å². The molecule has 27 heavy (non-hydrogen) atoms. The zero-order valence-electron chi connectivity index (χ0n) is 14.5. The number of carbonyl (C=O) groups excluding carboxylic acids is 2. The normalized spacial score (nSPS) is 13.3. The number of ether oxygens (including phenoxy) is 1. The fourth-order valence-corrected chi connectivity index (χ4v) is 4.47. The molecule has 4 rings (SSSR count). The number of ketones is 2. The Morgan fingerprint density at radius 1 is 0.926 bits per heavy atom. The zero-order valence-corrected chi connectivity index (χ0v) is 15.3. The summed E-state index contributed by atoms with van der Waals surface area (Å²) in [5.74, 6) is -0.903. The van der Waals surface area contributed by atoms with Crippen molar-refractivity contribution < 1.29 is 22.7 Å². The van der Waals surface area contributed by atoms with Crippen molar-refractivity contribution in [2.45, 2.75) is 11.8 Å². The maximum Gasteiger partial charge on any atom is 0.283 e. The molecule has 7 nitrogen and oxygen atoms in total. The van der Waals surface area contributed by atoms with Gasteiger partial charge in [0, 0.05) is 11.1 Å². The number of methoxy groups -OCH3 is 1. The number of Topliss-reactive ketones (excluding diaryl/α,β-unsaturated/α-hetero) is 2. The number of nitrogens with zero attached hydrogens (tertiary/aromatic N) is 2. The number of carbonyl (C=O) groups is 2. The van der Waals surface area contributed by atoms with Crippen LogP contribution in [0, 0.1) is 6.92 Å². The third kappa shape index (κ3) is 2.41. The summed E-state index contributed by atoms with van der Waals surface area (Å²) >= 11 is 0. The first-order chi connectivity index (χ1) is 12.9. The van der Waals surface area contributed by atoms with Crippen LogP contribution in [0.1, 0.15) is 26.4 Å². The van der Waals surface area contributed by atoms with Gasteiger partial charge in [0.2, 0.25) is 11.6 Å². The van der Waals surface area contributed by atoms with E-state index in [0.717, 1.165) is 4.09 Å². The van der Waals surface area contributed by atoms with E-state index in [0.29, 0.717) is 11.3 Å². The Labute approximate surface area is 155 Å². The summed E-state index contributed by atoms with van der Waals surface area (Å²) < 4.78 is 31.9. The molecule has 0 saturated heterocycles. The number of rotatable bonds is 3. The van der Waals surface area contributed by atoms with Gasteiger partial charge in [0.05, 0.1) is 23.3 Å². The summed E-state index contributed by atoms with van der Waals surface area (Å²) in [4.78, 5) is 24.9.